The van der Waals surface area contributed by atoms with Gasteiger partial charge in [-0.25, -0.2) is 13.4 Å². The van der Waals surface area contributed by atoms with E-state index in [1.54, 1.807) is 30.3 Å². The average Bonchev–Trinajstić information content (AvgIpc) is 2.73. The van der Waals surface area contributed by atoms with Crippen molar-refractivity contribution in [2.45, 2.75) is 24.7 Å². The number of anilines is 2. The number of hydrogen-bond acceptors (Lipinski definition) is 5. The van der Waals surface area contributed by atoms with E-state index in [1.165, 1.54) is 30.5 Å². The first-order valence-corrected chi connectivity index (χ1v) is 10.8. The molecular formula is C22H21N3O4S. The Labute approximate surface area is 175 Å². The van der Waals surface area contributed by atoms with Gasteiger partial charge in [-0.15, -0.1) is 0 Å². The van der Waals surface area contributed by atoms with Gasteiger partial charge in [-0.2, -0.15) is 0 Å². The number of Topliss-reactive ketones (excluding diaryl/α,β-unsaturated/α-hetero) is 1. The van der Waals surface area contributed by atoms with Crippen molar-refractivity contribution in [1.82, 2.24) is 4.98 Å². The predicted octanol–water partition coefficient (Wildman–Crippen LogP) is 3.79. The largest absolute Gasteiger partial charge is 0.326 e. The maximum Gasteiger partial charge on any atom is 0.263 e. The van der Waals surface area contributed by atoms with E-state index in [1.807, 2.05) is 19.1 Å². The Hall–Kier alpha value is -3.52. The average molecular weight is 423 g/mol. The molecule has 3 rings (SSSR count). The van der Waals surface area contributed by atoms with Crippen LogP contribution >= 0.6 is 0 Å². The molecule has 0 radical (unpaired) electrons. The molecule has 0 atom stereocenters. The molecule has 1 amide bonds. The number of nitrogens with one attached hydrogen (secondary N) is 2. The Morgan fingerprint density at radius 1 is 0.900 bits per heavy atom. The van der Waals surface area contributed by atoms with Crippen molar-refractivity contribution in [3.63, 3.8) is 0 Å². The van der Waals surface area contributed by atoms with E-state index in [2.05, 4.69) is 15.0 Å². The molecule has 0 unspecified atom stereocenters. The molecule has 2 aromatic carbocycles. The van der Waals surface area contributed by atoms with Gasteiger partial charge in [-0.1, -0.05) is 35.9 Å². The zero-order valence-corrected chi connectivity index (χ0v) is 17.1. The molecule has 0 fully saturated rings. The van der Waals surface area contributed by atoms with Crippen LogP contribution in [0.1, 0.15) is 28.8 Å². The van der Waals surface area contributed by atoms with Gasteiger partial charge in [0.25, 0.3) is 10.0 Å². The van der Waals surface area contributed by atoms with Crippen molar-refractivity contribution in [2.24, 2.45) is 0 Å². The normalized spacial score (nSPS) is 11.0. The predicted molar refractivity (Wildman–Crippen MR) is 115 cm³/mol. The number of aromatic nitrogens is 1. The van der Waals surface area contributed by atoms with Gasteiger partial charge in [0, 0.05) is 30.3 Å². The van der Waals surface area contributed by atoms with Crippen molar-refractivity contribution in [3.05, 3.63) is 84.1 Å². The van der Waals surface area contributed by atoms with Gasteiger partial charge in [0.1, 0.15) is 5.82 Å². The van der Waals surface area contributed by atoms with E-state index in [0.29, 0.717) is 11.3 Å². The Bertz CT molecular complexity index is 1130. The lowest BCUT2D eigenvalue weighted by atomic mass is 10.0. The minimum absolute atomic E-state index is 0.0357. The summed E-state index contributed by atoms with van der Waals surface area (Å²) >= 11 is 0. The summed E-state index contributed by atoms with van der Waals surface area (Å²) in [6, 6.07) is 17.9. The highest BCUT2D eigenvalue weighted by Gasteiger charge is 2.15. The van der Waals surface area contributed by atoms with Gasteiger partial charge in [-0.3, -0.25) is 14.3 Å². The summed E-state index contributed by atoms with van der Waals surface area (Å²) in [5.41, 5.74) is 2.08. The SMILES string of the molecule is Cc1ccc(C(=O)CCC(=O)Nc2ccc(S(=O)(=O)Nc3ccccn3)cc2)cc1. The number of hydrogen-bond donors (Lipinski definition) is 2. The van der Waals surface area contributed by atoms with E-state index in [0.717, 1.165) is 5.56 Å². The van der Waals surface area contributed by atoms with Crippen LogP contribution in [0.5, 0.6) is 0 Å². The highest BCUT2D eigenvalue weighted by molar-refractivity contribution is 7.92. The van der Waals surface area contributed by atoms with Crippen LogP contribution in [-0.4, -0.2) is 25.1 Å². The van der Waals surface area contributed by atoms with Crippen molar-refractivity contribution in [1.29, 1.82) is 0 Å². The van der Waals surface area contributed by atoms with Crippen LogP contribution in [0.15, 0.2) is 77.8 Å². The number of pyridine rings is 1. The van der Waals surface area contributed by atoms with Crippen molar-refractivity contribution in [2.75, 3.05) is 10.0 Å². The molecule has 0 aliphatic rings. The quantitative estimate of drug-likeness (QED) is 0.536. The summed E-state index contributed by atoms with van der Waals surface area (Å²) in [5, 5.41) is 2.67. The van der Waals surface area contributed by atoms with E-state index in [9.17, 15) is 18.0 Å². The number of rotatable bonds is 8. The number of ketones is 1. The zero-order chi connectivity index (χ0) is 21.6. The molecule has 30 heavy (non-hydrogen) atoms. The van der Waals surface area contributed by atoms with Crippen LogP contribution in [0.2, 0.25) is 0 Å². The maximum absolute atomic E-state index is 12.4. The number of nitrogens with zero attached hydrogens (tertiary/aromatic N) is 1. The van der Waals surface area contributed by atoms with Crippen LogP contribution in [-0.2, 0) is 14.8 Å². The van der Waals surface area contributed by atoms with Crippen LogP contribution in [0.25, 0.3) is 0 Å². The second-order valence-electron chi connectivity index (χ2n) is 6.68. The summed E-state index contributed by atoms with van der Waals surface area (Å²) in [6.07, 6.45) is 1.61. The van der Waals surface area contributed by atoms with Crippen LogP contribution in [0.3, 0.4) is 0 Å². The smallest absolute Gasteiger partial charge is 0.263 e. The van der Waals surface area contributed by atoms with Crippen LogP contribution in [0, 0.1) is 6.92 Å². The second kappa shape index (κ2) is 9.32. The fourth-order valence-electron chi connectivity index (χ4n) is 2.67. The summed E-state index contributed by atoms with van der Waals surface area (Å²) in [7, 11) is -3.78. The topological polar surface area (TPSA) is 105 Å². The van der Waals surface area contributed by atoms with Gasteiger partial charge >= 0.3 is 0 Å². The molecule has 0 bridgehead atoms. The first-order valence-electron chi connectivity index (χ1n) is 9.27. The lowest BCUT2D eigenvalue weighted by Crippen LogP contribution is -2.15. The van der Waals surface area contributed by atoms with Gasteiger partial charge in [-0.05, 0) is 43.3 Å². The molecule has 2 N–H and O–H groups in total. The van der Waals surface area contributed by atoms with E-state index >= 15 is 0 Å². The number of aryl methyl sites for hydroxylation is 1. The van der Waals surface area contributed by atoms with Gasteiger partial charge < -0.3 is 5.32 Å². The van der Waals surface area contributed by atoms with E-state index in [-0.39, 0.29) is 35.2 Å². The number of carbonyl (C=O) groups is 2. The van der Waals surface area contributed by atoms with E-state index < -0.39 is 10.0 Å². The van der Waals surface area contributed by atoms with Gasteiger partial charge in [0.2, 0.25) is 5.91 Å². The molecule has 0 saturated heterocycles. The summed E-state index contributed by atoms with van der Waals surface area (Å²) in [5.74, 6) is -0.210. The number of amides is 1. The molecule has 1 aromatic heterocycles. The Morgan fingerprint density at radius 3 is 2.23 bits per heavy atom. The molecule has 1 heterocycles. The monoisotopic (exact) mass is 423 g/mol. The fraction of sp³-hybridized carbons (Fsp3) is 0.136. The molecule has 0 saturated carbocycles. The second-order valence-corrected chi connectivity index (χ2v) is 8.36. The van der Waals surface area contributed by atoms with Crippen molar-refractivity contribution < 1.29 is 18.0 Å². The molecular weight excluding hydrogens is 402 g/mol. The third kappa shape index (κ3) is 5.74. The minimum Gasteiger partial charge on any atom is -0.326 e. The number of benzene rings is 2. The molecule has 8 heteroatoms. The summed E-state index contributed by atoms with van der Waals surface area (Å²) in [6.45, 7) is 1.94. The Morgan fingerprint density at radius 2 is 1.60 bits per heavy atom. The van der Waals surface area contributed by atoms with E-state index in [4.69, 9.17) is 0 Å². The summed E-state index contributed by atoms with van der Waals surface area (Å²) < 4.78 is 27.2. The lowest BCUT2D eigenvalue weighted by Gasteiger charge is -2.09. The lowest BCUT2D eigenvalue weighted by molar-refractivity contribution is -0.116. The van der Waals surface area contributed by atoms with Crippen molar-refractivity contribution in [3.8, 4) is 0 Å². The third-order valence-electron chi connectivity index (χ3n) is 4.30. The number of carbonyl (C=O) groups excluding carboxylic acids is 2. The molecule has 0 spiro atoms. The first-order chi connectivity index (χ1) is 14.3. The fourth-order valence-corrected chi connectivity index (χ4v) is 3.68. The Kier molecular flexibility index (Phi) is 6.58. The van der Waals surface area contributed by atoms with Gasteiger partial charge in [0.15, 0.2) is 5.78 Å². The molecule has 7 nitrogen and oxygen atoms in total. The molecule has 154 valence electrons. The minimum atomic E-state index is -3.78. The van der Waals surface area contributed by atoms with Crippen LogP contribution in [0.4, 0.5) is 11.5 Å². The molecule has 3 aromatic rings. The number of sulfonamides is 1. The highest BCUT2D eigenvalue weighted by Crippen LogP contribution is 2.17. The third-order valence-corrected chi connectivity index (χ3v) is 5.68. The summed E-state index contributed by atoms with van der Waals surface area (Å²) in [4.78, 5) is 28.3. The highest BCUT2D eigenvalue weighted by atomic mass is 32.2. The molecule has 0 aliphatic heterocycles. The van der Waals surface area contributed by atoms with Gasteiger partial charge in [0.05, 0.1) is 4.90 Å². The van der Waals surface area contributed by atoms with Crippen LogP contribution < -0.4 is 10.0 Å². The first kappa shape index (κ1) is 21.2. The Balaban J connectivity index is 1.55. The maximum atomic E-state index is 12.4. The zero-order valence-electron chi connectivity index (χ0n) is 16.3. The molecule has 0 aliphatic carbocycles. The standard InChI is InChI=1S/C22H21N3O4S/c1-16-5-7-17(8-6-16)20(26)13-14-22(27)24-18-9-11-19(12-10-18)30(28,29)25-21-4-2-3-15-23-21/h2-12,15H,13-14H2,1H3,(H,23,25)(H,24,27). The van der Waals surface area contributed by atoms with Crippen molar-refractivity contribution >= 4 is 33.2 Å².